The minimum absolute atomic E-state index is 0.753. The molecule has 3 heteroatoms. The molecule has 1 aromatic carbocycles. The van der Waals surface area contributed by atoms with Gasteiger partial charge in [-0.3, -0.25) is 0 Å². The van der Waals surface area contributed by atoms with Gasteiger partial charge < -0.3 is 14.6 Å². The van der Waals surface area contributed by atoms with Crippen LogP contribution in [0.5, 0.6) is 0 Å². The molecule has 0 saturated carbocycles. The molecule has 3 nitrogen and oxygen atoms in total. The van der Waals surface area contributed by atoms with E-state index in [9.17, 15) is 0 Å². The maximum Gasteiger partial charge on any atom is 0.0587 e. The molecule has 0 atom stereocenters. The predicted molar refractivity (Wildman–Crippen MR) is 66.5 cm³/mol. The highest BCUT2D eigenvalue weighted by Gasteiger charge is 2.03. The van der Waals surface area contributed by atoms with Crippen LogP contribution in [0, 0.1) is 0 Å². The van der Waals surface area contributed by atoms with E-state index in [0.29, 0.717) is 0 Å². The van der Waals surface area contributed by atoms with Crippen LogP contribution in [0.3, 0.4) is 0 Å². The third kappa shape index (κ3) is 2.26. The minimum atomic E-state index is 0.753. The fraction of sp³-hybridized carbons (Fsp3) is 0.385. The van der Waals surface area contributed by atoms with Crippen molar-refractivity contribution in [2.24, 2.45) is 7.05 Å². The molecule has 0 aliphatic carbocycles. The first-order chi connectivity index (χ1) is 7.83. The summed E-state index contributed by atoms with van der Waals surface area (Å²) in [5, 5.41) is 4.67. The van der Waals surface area contributed by atoms with Gasteiger partial charge in [0.05, 0.1) is 12.1 Å². The number of nitrogens with one attached hydrogen (secondary N) is 1. The molecule has 0 unspecified atom stereocenters. The van der Waals surface area contributed by atoms with Crippen LogP contribution in [0.2, 0.25) is 0 Å². The molecule has 86 valence electrons. The van der Waals surface area contributed by atoms with Crippen molar-refractivity contribution in [1.29, 1.82) is 0 Å². The second kappa shape index (κ2) is 5.14. The number of fused-ring (bicyclic) bond motifs is 1. The molecule has 1 heterocycles. The topological polar surface area (TPSA) is 26.2 Å². The third-order valence-corrected chi connectivity index (χ3v) is 2.78. The van der Waals surface area contributed by atoms with E-state index < -0.39 is 0 Å². The summed E-state index contributed by atoms with van der Waals surface area (Å²) in [5.41, 5.74) is 2.65. The first-order valence-electron chi connectivity index (χ1n) is 5.55. The van der Waals surface area contributed by atoms with Crippen LogP contribution < -0.4 is 5.32 Å². The summed E-state index contributed by atoms with van der Waals surface area (Å²) in [6.07, 6.45) is 2.10. The van der Waals surface area contributed by atoms with Crippen molar-refractivity contribution < 1.29 is 4.74 Å². The van der Waals surface area contributed by atoms with Gasteiger partial charge in [0, 0.05) is 33.4 Å². The van der Waals surface area contributed by atoms with Crippen molar-refractivity contribution in [1.82, 2.24) is 9.88 Å². The molecule has 1 aromatic heterocycles. The molecular formula is C13H18N2O. The Kier molecular flexibility index (Phi) is 3.59. The lowest BCUT2D eigenvalue weighted by Crippen LogP contribution is -2.18. The van der Waals surface area contributed by atoms with E-state index in [1.54, 1.807) is 7.11 Å². The van der Waals surface area contributed by atoms with Crippen molar-refractivity contribution in [2.75, 3.05) is 20.3 Å². The number of benzene rings is 1. The van der Waals surface area contributed by atoms with Gasteiger partial charge in [-0.15, -0.1) is 0 Å². The van der Waals surface area contributed by atoms with Gasteiger partial charge >= 0.3 is 0 Å². The van der Waals surface area contributed by atoms with E-state index >= 15 is 0 Å². The van der Waals surface area contributed by atoms with Gasteiger partial charge in [0.25, 0.3) is 0 Å². The number of rotatable bonds is 5. The van der Waals surface area contributed by atoms with E-state index in [4.69, 9.17) is 4.74 Å². The standard InChI is InChI=1S/C13H18N2O/c1-15-8-6-11-4-3-5-12(13(11)15)10-14-7-9-16-2/h3-6,8,14H,7,9-10H2,1-2H3. The molecule has 1 N–H and O–H groups in total. The average molecular weight is 218 g/mol. The second-order valence-electron chi connectivity index (χ2n) is 3.95. The first kappa shape index (κ1) is 11.2. The second-order valence-corrected chi connectivity index (χ2v) is 3.95. The van der Waals surface area contributed by atoms with Gasteiger partial charge in [-0.05, 0) is 17.0 Å². The van der Waals surface area contributed by atoms with Gasteiger partial charge in [0.1, 0.15) is 0 Å². The van der Waals surface area contributed by atoms with E-state index in [-0.39, 0.29) is 0 Å². The number of hydrogen-bond donors (Lipinski definition) is 1. The quantitative estimate of drug-likeness (QED) is 0.776. The number of aryl methyl sites for hydroxylation is 1. The molecule has 0 amide bonds. The number of nitrogens with zero attached hydrogens (tertiary/aromatic N) is 1. The van der Waals surface area contributed by atoms with E-state index in [1.807, 2.05) is 0 Å². The normalized spacial score (nSPS) is 11.1. The van der Waals surface area contributed by atoms with Crippen LogP contribution in [0.1, 0.15) is 5.56 Å². The highest BCUT2D eigenvalue weighted by atomic mass is 16.5. The summed E-state index contributed by atoms with van der Waals surface area (Å²) >= 11 is 0. The van der Waals surface area contributed by atoms with E-state index in [2.05, 4.69) is 47.4 Å². The number of para-hydroxylation sites is 1. The lowest BCUT2D eigenvalue weighted by molar-refractivity contribution is 0.199. The summed E-state index contributed by atoms with van der Waals surface area (Å²) in [6, 6.07) is 8.57. The van der Waals surface area contributed by atoms with Crippen molar-refractivity contribution in [3.63, 3.8) is 0 Å². The third-order valence-electron chi connectivity index (χ3n) is 2.78. The van der Waals surface area contributed by atoms with E-state index in [0.717, 1.165) is 19.7 Å². The first-order valence-corrected chi connectivity index (χ1v) is 5.55. The van der Waals surface area contributed by atoms with Gasteiger partial charge in [-0.1, -0.05) is 18.2 Å². The monoisotopic (exact) mass is 218 g/mol. The Hall–Kier alpha value is -1.32. The lowest BCUT2D eigenvalue weighted by atomic mass is 10.1. The number of ether oxygens (including phenoxy) is 1. The van der Waals surface area contributed by atoms with Crippen molar-refractivity contribution >= 4 is 10.9 Å². The minimum Gasteiger partial charge on any atom is -0.383 e. The van der Waals surface area contributed by atoms with Crippen LogP contribution in [-0.2, 0) is 18.3 Å². The molecular weight excluding hydrogens is 200 g/mol. The summed E-state index contributed by atoms with van der Waals surface area (Å²) in [5.74, 6) is 0. The van der Waals surface area contributed by atoms with Crippen molar-refractivity contribution in [2.45, 2.75) is 6.54 Å². The lowest BCUT2D eigenvalue weighted by Gasteiger charge is -2.07. The maximum absolute atomic E-state index is 5.01. The van der Waals surface area contributed by atoms with Crippen LogP contribution in [0.4, 0.5) is 0 Å². The number of aromatic nitrogens is 1. The molecule has 0 bridgehead atoms. The van der Waals surface area contributed by atoms with Crippen LogP contribution >= 0.6 is 0 Å². The maximum atomic E-state index is 5.01. The molecule has 16 heavy (non-hydrogen) atoms. The Morgan fingerprint density at radius 1 is 1.31 bits per heavy atom. The van der Waals surface area contributed by atoms with Crippen LogP contribution in [-0.4, -0.2) is 24.8 Å². The largest absolute Gasteiger partial charge is 0.383 e. The summed E-state index contributed by atoms with van der Waals surface area (Å²) in [6.45, 7) is 2.53. The van der Waals surface area contributed by atoms with Crippen LogP contribution in [0.15, 0.2) is 30.5 Å². The molecule has 0 fully saturated rings. The van der Waals surface area contributed by atoms with Gasteiger partial charge in [0.15, 0.2) is 0 Å². The molecule has 2 aromatic rings. The molecule has 0 aliphatic heterocycles. The molecule has 0 radical (unpaired) electrons. The Labute approximate surface area is 96.0 Å². The number of methoxy groups -OCH3 is 1. The van der Waals surface area contributed by atoms with Gasteiger partial charge in [-0.25, -0.2) is 0 Å². The van der Waals surface area contributed by atoms with Crippen molar-refractivity contribution in [3.8, 4) is 0 Å². The smallest absolute Gasteiger partial charge is 0.0587 e. The van der Waals surface area contributed by atoms with Gasteiger partial charge in [0.2, 0.25) is 0 Å². The zero-order chi connectivity index (χ0) is 11.4. The molecule has 2 rings (SSSR count). The average Bonchev–Trinajstić information content (AvgIpc) is 2.68. The Balaban J connectivity index is 2.13. The fourth-order valence-electron chi connectivity index (χ4n) is 1.98. The molecule has 0 spiro atoms. The Bertz CT molecular complexity index is 462. The van der Waals surface area contributed by atoms with Crippen molar-refractivity contribution in [3.05, 3.63) is 36.0 Å². The molecule has 0 saturated heterocycles. The highest BCUT2D eigenvalue weighted by molar-refractivity contribution is 5.83. The Morgan fingerprint density at radius 2 is 2.19 bits per heavy atom. The highest BCUT2D eigenvalue weighted by Crippen LogP contribution is 2.18. The molecule has 0 aliphatic rings. The van der Waals surface area contributed by atoms with Gasteiger partial charge in [-0.2, -0.15) is 0 Å². The van der Waals surface area contributed by atoms with Crippen LogP contribution in [0.25, 0.3) is 10.9 Å². The summed E-state index contributed by atoms with van der Waals surface area (Å²) in [7, 11) is 3.81. The fourth-order valence-corrected chi connectivity index (χ4v) is 1.98. The summed E-state index contributed by atoms with van der Waals surface area (Å²) < 4.78 is 7.18. The zero-order valence-electron chi connectivity index (χ0n) is 9.86. The Morgan fingerprint density at radius 3 is 3.00 bits per heavy atom. The number of hydrogen-bond acceptors (Lipinski definition) is 2. The van der Waals surface area contributed by atoms with E-state index in [1.165, 1.54) is 16.5 Å². The zero-order valence-corrected chi connectivity index (χ0v) is 9.86. The SMILES string of the molecule is COCCNCc1cccc2ccn(C)c12. The summed E-state index contributed by atoms with van der Waals surface area (Å²) in [4.78, 5) is 0. The predicted octanol–water partition coefficient (Wildman–Crippen LogP) is 1.91.